The van der Waals surface area contributed by atoms with E-state index in [0.29, 0.717) is 5.92 Å². The van der Waals surface area contributed by atoms with Crippen molar-refractivity contribution in [3.05, 3.63) is 28.2 Å². The van der Waals surface area contributed by atoms with Crippen LogP contribution in [0.4, 0.5) is 5.69 Å². The SMILES string of the molecule is CC(=O)c1ccc(N2CCC3(O)CCCCC3C2)c(Br)c1. The molecule has 1 aromatic rings. The summed E-state index contributed by atoms with van der Waals surface area (Å²) in [5.74, 6) is 0.460. The molecule has 114 valence electrons. The Hall–Kier alpha value is -0.870. The third-order valence-corrected chi connectivity index (χ3v) is 5.76. The largest absolute Gasteiger partial charge is 0.389 e. The molecule has 0 radical (unpaired) electrons. The molecule has 0 amide bonds. The summed E-state index contributed by atoms with van der Waals surface area (Å²) in [4.78, 5) is 13.8. The van der Waals surface area contributed by atoms with Crippen LogP contribution >= 0.6 is 15.9 Å². The second-order valence-corrected chi connectivity index (χ2v) is 7.32. The number of hydrogen-bond acceptors (Lipinski definition) is 3. The van der Waals surface area contributed by atoms with Gasteiger partial charge in [0.2, 0.25) is 0 Å². The van der Waals surface area contributed by atoms with E-state index in [1.54, 1.807) is 6.92 Å². The average molecular weight is 352 g/mol. The fraction of sp³-hybridized carbons (Fsp3) is 0.588. The minimum Gasteiger partial charge on any atom is -0.389 e. The number of benzene rings is 1. The summed E-state index contributed by atoms with van der Waals surface area (Å²) in [5.41, 5.74) is 1.42. The van der Waals surface area contributed by atoms with E-state index in [4.69, 9.17) is 0 Å². The van der Waals surface area contributed by atoms with Crippen molar-refractivity contribution in [2.24, 2.45) is 5.92 Å². The number of Topliss-reactive ketones (excluding diaryl/α,β-unsaturated/α-hetero) is 1. The lowest BCUT2D eigenvalue weighted by molar-refractivity contribution is -0.0612. The topological polar surface area (TPSA) is 40.5 Å². The number of aliphatic hydroxyl groups is 1. The maximum absolute atomic E-state index is 11.4. The van der Waals surface area contributed by atoms with Gasteiger partial charge >= 0.3 is 0 Å². The van der Waals surface area contributed by atoms with Crippen LogP contribution in [0.3, 0.4) is 0 Å². The van der Waals surface area contributed by atoms with Gasteiger partial charge in [0.05, 0.1) is 11.3 Å². The molecule has 21 heavy (non-hydrogen) atoms. The average Bonchev–Trinajstić information content (AvgIpc) is 2.46. The first-order valence-corrected chi connectivity index (χ1v) is 8.57. The summed E-state index contributed by atoms with van der Waals surface area (Å²) >= 11 is 3.60. The summed E-state index contributed by atoms with van der Waals surface area (Å²) in [6.45, 7) is 3.38. The van der Waals surface area contributed by atoms with E-state index >= 15 is 0 Å². The third-order valence-electron chi connectivity index (χ3n) is 5.12. The highest BCUT2D eigenvalue weighted by Gasteiger charge is 2.42. The van der Waals surface area contributed by atoms with Crippen molar-refractivity contribution < 1.29 is 9.90 Å². The number of carbonyl (C=O) groups excluding carboxylic acids is 1. The van der Waals surface area contributed by atoms with E-state index in [1.807, 2.05) is 18.2 Å². The lowest BCUT2D eigenvalue weighted by Crippen LogP contribution is -2.53. The molecule has 2 unspecified atom stereocenters. The minimum absolute atomic E-state index is 0.0857. The number of rotatable bonds is 2. The van der Waals surface area contributed by atoms with Crippen LogP contribution in [0.1, 0.15) is 49.4 Å². The Labute approximate surface area is 134 Å². The number of carbonyl (C=O) groups is 1. The Morgan fingerprint density at radius 2 is 2.19 bits per heavy atom. The second kappa shape index (κ2) is 5.73. The monoisotopic (exact) mass is 351 g/mol. The van der Waals surface area contributed by atoms with Crippen LogP contribution in [-0.2, 0) is 0 Å². The van der Waals surface area contributed by atoms with Gasteiger partial charge in [-0.05, 0) is 60.3 Å². The zero-order valence-electron chi connectivity index (χ0n) is 12.4. The van der Waals surface area contributed by atoms with Crippen LogP contribution < -0.4 is 4.90 Å². The molecule has 0 spiro atoms. The van der Waals surface area contributed by atoms with Gasteiger partial charge in [0, 0.05) is 29.0 Å². The fourth-order valence-electron chi connectivity index (χ4n) is 3.77. The van der Waals surface area contributed by atoms with Crippen molar-refractivity contribution >= 4 is 27.4 Å². The second-order valence-electron chi connectivity index (χ2n) is 6.46. The van der Waals surface area contributed by atoms with E-state index in [9.17, 15) is 9.90 Å². The van der Waals surface area contributed by atoms with Gasteiger partial charge in [-0.25, -0.2) is 0 Å². The zero-order valence-corrected chi connectivity index (χ0v) is 14.0. The summed E-state index contributed by atoms with van der Waals surface area (Å²) in [7, 11) is 0. The van der Waals surface area contributed by atoms with Crippen molar-refractivity contribution in [2.75, 3.05) is 18.0 Å². The van der Waals surface area contributed by atoms with Crippen molar-refractivity contribution in [1.82, 2.24) is 0 Å². The van der Waals surface area contributed by atoms with Crippen molar-refractivity contribution in [3.63, 3.8) is 0 Å². The fourth-order valence-corrected chi connectivity index (χ4v) is 4.40. The quantitative estimate of drug-likeness (QED) is 0.824. The highest BCUT2D eigenvalue weighted by atomic mass is 79.9. The molecular formula is C17H22BrNO2. The first kappa shape index (κ1) is 15.0. The third kappa shape index (κ3) is 2.88. The molecule has 1 saturated heterocycles. The van der Waals surface area contributed by atoms with E-state index < -0.39 is 5.60 Å². The van der Waals surface area contributed by atoms with Gasteiger partial charge in [-0.1, -0.05) is 12.8 Å². The Balaban J connectivity index is 1.81. The van der Waals surface area contributed by atoms with Crippen LogP contribution in [0.5, 0.6) is 0 Å². The molecule has 0 bridgehead atoms. The standard InChI is InChI=1S/C17H22BrNO2/c1-12(20)13-5-6-16(15(18)10-13)19-9-8-17(21)7-3-2-4-14(17)11-19/h5-6,10,14,21H,2-4,7-9,11H2,1H3. The van der Waals surface area contributed by atoms with Gasteiger partial charge in [-0.3, -0.25) is 4.79 Å². The lowest BCUT2D eigenvalue weighted by atomic mass is 9.71. The van der Waals surface area contributed by atoms with Crippen LogP contribution in [0, 0.1) is 5.92 Å². The number of nitrogens with zero attached hydrogens (tertiary/aromatic N) is 1. The van der Waals surface area contributed by atoms with Gasteiger partial charge < -0.3 is 10.0 Å². The highest BCUT2D eigenvalue weighted by molar-refractivity contribution is 9.10. The molecule has 1 N–H and O–H groups in total. The predicted octanol–water partition coefficient (Wildman–Crippen LogP) is 3.78. The van der Waals surface area contributed by atoms with Gasteiger partial charge in [0.1, 0.15) is 0 Å². The molecular weight excluding hydrogens is 330 g/mol. The first-order chi connectivity index (χ1) is 9.99. The van der Waals surface area contributed by atoms with Gasteiger partial charge in [-0.2, -0.15) is 0 Å². The Kier molecular flexibility index (Phi) is 4.10. The summed E-state index contributed by atoms with van der Waals surface area (Å²) in [6, 6.07) is 5.82. The van der Waals surface area contributed by atoms with E-state index in [1.165, 1.54) is 6.42 Å². The number of ketones is 1. The summed E-state index contributed by atoms with van der Waals surface area (Å²) in [5, 5.41) is 10.8. The van der Waals surface area contributed by atoms with Crippen molar-refractivity contribution in [3.8, 4) is 0 Å². The molecule has 2 aliphatic rings. The van der Waals surface area contributed by atoms with E-state index in [0.717, 1.165) is 54.5 Å². The zero-order chi connectivity index (χ0) is 15.0. The molecule has 2 fully saturated rings. The first-order valence-electron chi connectivity index (χ1n) is 7.77. The Morgan fingerprint density at radius 1 is 1.38 bits per heavy atom. The highest BCUT2D eigenvalue weighted by Crippen LogP contribution is 2.42. The molecule has 4 heteroatoms. The van der Waals surface area contributed by atoms with Gasteiger partial charge in [0.25, 0.3) is 0 Å². The molecule has 1 saturated carbocycles. The lowest BCUT2D eigenvalue weighted by Gasteiger charge is -2.48. The Bertz CT molecular complexity index is 560. The van der Waals surface area contributed by atoms with Crippen molar-refractivity contribution in [2.45, 2.75) is 44.6 Å². The van der Waals surface area contributed by atoms with Crippen LogP contribution in [0.15, 0.2) is 22.7 Å². The molecule has 1 aliphatic heterocycles. The number of halogens is 1. The molecule has 1 aliphatic carbocycles. The number of fused-ring (bicyclic) bond motifs is 1. The van der Waals surface area contributed by atoms with Crippen LogP contribution in [-0.4, -0.2) is 29.6 Å². The molecule has 3 nitrogen and oxygen atoms in total. The molecule has 0 aromatic heterocycles. The number of hydrogen-bond donors (Lipinski definition) is 1. The van der Waals surface area contributed by atoms with E-state index in [-0.39, 0.29) is 5.78 Å². The van der Waals surface area contributed by atoms with Crippen LogP contribution in [0.25, 0.3) is 0 Å². The maximum atomic E-state index is 11.4. The van der Waals surface area contributed by atoms with Gasteiger partial charge in [0.15, 0.2) is 5.78 Å². The van der Waals surface area contributed by atoms with Crippen LogP contribution in [0.2, 0.25) is 0 Å². The smallest absolute Gasteiger partial charge is 0.159 e. The van der Waals surface area contributed by atoms with Gasteiger partial charge in [-0.15, -0.1) is 0 Å². The maximum Gasteiger partial charge on any atom is 0.159 e. The normalized spacial score (nSPS) is 29.1. The number of anilines is 1. The molecule has 1 aromatic carbocycles. The summed E-state index contributed by atoms with van der Waals surface area (Å²) in [6.07, 6.45) is 5.31. The molecule has 3 rings (SSSR count). The number of piperidine rings is 1. The Morgan fingerprint density at radius 3 is 2.90 bits per heavy atom. The predicted molar refractivity (Wildman–Crippen MR) is 87.9 cm³/mol. The molecule has 2 atom stereocenters. The van der Waals surface area contributed by atoms with Crippen molar-refractivity contribution in [1.29, 1.82) is 0 Å². The van der Waals surface area contributed by atoms with E-state index in [2.05, 4.69) is 20.8 Å². The summed E-state index contributed by atoms with van der Waals surface area (Å²) < 4.78 is 0.969. The molecule has 1 heterocycles. The minimum atomic E-state index is -0.444.